The molecule has 2 rings (SSSR count). The van der Waals surface area contributed by atoms with Crippen LogP contribution in [0.25, 0.3) is 0 Å². The highest BCUT2D eigenvalue weighted by Gasteiger charge is 2.18. The van der Waals surface area contributed by atoms with Crippen molar-refractivity contribution in [1.29, 1.82) is 0 Å². The summed E-state index contributed by atoms with van der Waals surface area (Å²) in [5, 5.41) is 6.72. The van der Waals surface area contributed by atoms with Crippen molar-refractivity contribution >= 4 is 34.2 Å². The number of carbonyl (C=O) groups is 1. The van der Waals surface area contributed by atoms with Gasteiger partial charge in [0.15, 0.2) is 0 Å². The van der Waals surface area contributed by atoms with Crippen molar-refractivity contribution in [2.75, 3.05) is 5.32 Å². The Kier molecular flexibility index (Phi) is 4.00. The van der Waals surface area contributed by atoms with Crippen molar-refractivity contribution in [2.45, 2.75) is 20.3 Å². The molecule has 0 saturated heterocycles. The molecule has 0 aliphatic heterocycles. The number of aryl methyl sites for hydroxylation is 2. The van der Waals surface area contributed by atoms with Crippen LogP contribution in [0, 0.1) is 10.5 Å². The van der Waals surface area contributed by atoms with E-state index in [2.05, 4.69) is 33.1 Å². The molecule has 4 nitrogen and oxygen atoms in total. The Labute approximate surface area is 119 Å². The minimum atomic E-state index is -0.174. The van der Waals surface area contributed by atoms with Crippen molar-refractivity contribution in [3.63, 3.8) is 0 Å². The average Bonchev–Trinajstić information content (AvgIpc) is 2.73. The highest BCUT2D eigenvalue weighted by Crippen LogP contribution is 2.17. The Balaban J connectivity index is 2.21. The number of amides is 1. The van der Waals surface area contributed by atoms with E-state index in [4.69, 9.17) is 4.52 Å². The molecule has 0 atom stereocenters. The number of nitrogens with zero attached hydrogens (tertiary/aromatic N) is 1. The number of benzene rings is 1. The van der Waals surface area contributed by atoms with Crippen LogP contribution in [-0.2, 0) is 6.42 Å². The van der Waals surface area contributed by atoms with Gasteiger partial charge in [-0.1, -0.05) is 12.1 Å². The van der Waals surface area contributed by atoms with Gasteiger partial charge in [-0.2, -0.15) is 0 Å². The number of hydrogen-bond donors (Lipinski definition) is 1. The molecule has 0 aliphatic carbocycles. The molecule has 1 aromatic heterocycles. The number of aromatic nitrogens is 1. The minimum Gasteiger partial charge on any atom is -0.361 e. The molecule has 1 N–H and O–H groups in total. The van der Waals surface area contributed by atoms with Crippen LogP contribution < -0.4 is 5.32 Å². The van der Waals surface area contributed by atoms with Crippen LogP contribution in [0.3, 0.4) is 0 Å². The van der Waals surface area contributed by atoms with Gasteiger partial charge in [0.1, 0.15) is 11.3 Å². The predicted octanol–water partition coefficient (Wildman–Crippen LogP) is 3.40. The quantitative estimate of drug-likeness (QED) is 0.858. The second kappa shape index (κ2) is 5.51. The standard InChI is InChI=1S/C13H13IN2O2/c1-3-11-12(8(2)18-16-11)13(17)15-10-6-4-9(14)5-7-10/h4-7H,3H2,1-2H3,(H,15,17). The second-order valence-electron chi connectivity index (χ2n) is 3.88. The average molecular weight is 356 g/mol. The first-order valence-electron chi connectivity index (χ1n) is 5.64. The largest absolute Gasteiger partial charge is 0.361 e. The molecule has 2 aromatic rings. The van der Waals surface area contributed by atoms with Crippen LogP contribution in [0.4, 0.5) is 5.69 Å². The van der Waals surface area contributed by atoms with Crippen molar-refractivity contribution in [3.05, 3.63) is 44.9 Å². The summed E-state index contributed by atoms with van der Waals surface area (Å²) in [7, 11) is 0. The lowest BCUT2D eigenvalue weighted by Crippen LogP contribution is -2.14. The molecule has 1 amide bonds. The monoisotopic (exact) mass is 356 g/mol. The summed E-state index contributed by atoms with van der Waals surface area (Å²) in [5.41, 5.74) is 2.00. The van der Waals surface area contributed by atoms with Crippen LogP contribution in [0.2, 0.25) is 0 Å². The summed E-state index contributed by atoms with van der Waals surface area (Å²) in [5.74, 6) is 0.377. The molecule has 0 saturated carbocycles. The zero-order valence-corrected chi connectivity index (χ0v) is 12.3. The first-order chi connectivity index (χ1) is 8.61. The van der Waals surface area contributed by atoms with E-state index in [0.717, 1.165) is 9.26 Å². The van der Waals surface area contributed by atoms with Crippen LogP contribution in [0.15, 0.2) is 28.8 Å². The fourth-order valence-electron chi connectivity index (χ4n) is 1.68. The first-order valence-corrected chi connectivity index (χ1v) is 6.71. The van der Waals surface area contributed by atoms with E-state index in [0.29, 0.717) is 23.4 Å². The van der Waals surface area contributed by atoms with Gasteiger partial charge in [0.25, 0.3) is 5.91 Å². The zero-order chi connectivity index (χ0) is 13.1. The molecule has 0 aliphatic rings. The van der Waals surface area contributed by atoms with Crippen molar-refractivity contribution in [2.24, 2.45) is 0 Å². The zero-order valence-electron chi connectivity index (χ0n) is 10.2. The Hall–Kier alpha value is -1.37. The molecular weight excluding hydrogens is 343 g/mol. The lowest BCUT2D eigenvalue weighted by atomic mass is 10.1. The van der Waals surface area contributed by atoms with E-state index < -0.39 is 0 Å². The van der Waals surface area contributed by atoms with Gasteiger partial charge < -0.3 is 9.84 Å². The van der Waals surface area contributed by atoms with Gasteiger partial charge in [0.2, 0.25) is 0 Å². The number of hydrogen-bond acceptors (Lipinski definition) is 3. The third-order valence-electron chi connectivity index (χ3n) is 2.60. The normalized spacial score (nSPS) is 10.4. The van der Waals surface area contributed by atoms with Crippen LogP contribution in [0.1, 0.15) is 28.7 Å². The highest BCUT2D eigenvalue weighted by molar-refractivity contribution is 14.1. The summed E-state index contributed by atoms with van der Waals surface area (Å²) in [6, 6.07) is 7.62. The number of halogens is 1. The molecular formula is C13H13IN2O2. The molecule has 94 valence electrons. The summed E-state index contributed by atoms with van der Waals surface area (Å²) < 4.78 is 6.18. The van der Waals surface area contributed by atoms with Gasteiger partial charge in [-0.3, -0.25) is 4.79 Å². The highest BCUT2D eigenvalue weighted by atomic mass is 127. The SMILES string of the molecule is CCc1noc(C)c1C(=O)Nc1ccc(I)cc1. The topological polar surface area (TPSA) is 55.1 Å². The molecule has 0 fully saturated rings. The Bertz CT molecular complexity index is 561. The number of nitrogens with one attached hydrogen (secondary N) is 1. The Morgan fingerprint density at radius 1 is 1.39 bits per heavy atom. The molecule has 0 unspecified atom stereocenters. The van der Waals surface area contributed by atoms with E-state index in [1.165, 1.54) is 0 Å². The fraction of sp³-hybridized carbons (Fsp3) is 0.231. The van der Waals surface area contributed by atoms with Gasteiger partial charge in [0, 0.05) is 9.26 Å². The summed E-state index contributed by atoms with van der Waals surface area (Å²) in [6.45, 7) is 3.69. The van der Waals surface area contributed by atoms with Crippen molar-refractivity contribution in [3.8, 4) is 0 Å². The van der Waals surface area contributed by atoms with Gasteiger partial charge in [0.05, 0.1) is 5.69 Å². The fourth-order valence-corrected chi connectivity index (χ4v) is 2.04. The first kappa shape index (κ1) is 13.1. The Morgan fingerprint density at radius 3 is 2.67 bits per heavy atom. The Morgan fingerprint density at radius 2 is 2.06 bits per heavy atom. The van der Waals surface area contributed by atoms with Crippen LogP contribution >= 0.6 is 22.6 Å². The molecule has 5 heteroatoms. The van der Waals surface area contributed by atoms with E-state index in [-0.39, 0.29) is 5.91 Å². The predicted molar refractivity (Wildman–Crippen MR) is 77.7 cm³/mol. The van der Waals surface area contributed by atoms with Crippen LogP contribution in [-0.4, -0.2) is 11.1 Å². The maximum absolute atomic E-state index is 12.1. The molecule has 0 bridgehead atoms. The molecule has 0 radical (unpaired) electrons. The maximum atomic E-state index is 12.1. The smallest absolute Gasteiger partial charge is 0.261 e. The lowest BCUT2D eigenvalue weighted by Gasteiger charge is -2.05. The maximum Gasteiger partial charge on any atom is 0.261 e. The second-order valence-corrected chi connectivity index (χ2v) is 5.12. The molecule has 0 spiro atoms. The van der Waals surface area contributed by atoms with Gasteiger partial charge in [-0.25, -0.2) is 0 Å². The van der Waals surface area contributed by atoms with E-state index in [9.17, 15) is 4.79 Å². The third kappa shape index (κ3) is 2.72. The summed E-state index contributed by atoms with van der Waals surface area (Å²) in [4.78, 5) is 12.1. The van der Waals surface area contributed by atoms with Gasteiger partial charge in [-0.15, -0.1) is 0 Å². The number of rotatable bonds is 3. The van der Waals surface area contributed by atoms with E-state index >= 15 is 0 Å². The van der Waals surface area contributed by atoms with Gasteiger partial charge in [-0.05, 0) is 60.2 Å². The van der Waals surface area contributed by atoms with Crippen molar-refractivity contribution < 1.29 is 9.32 Å². The third-order valence-corrected chi connectivity index (χ3v) is 3.32. The molecule has 18 heavy (non-hydrogen) atoms. The van der Waals surface area contributed by atoms with E-state index in [1.807, 2.05) is 31.2 Å². The van der Waals surface area contributed by atoms with Crippen LogP contribution in [0.5, 0.6) is 0 Å². The number of anilines is 1. The minimum absolute atomic E-state index is 0.174. The summed E-state index contributed by atoms with van der Waals surface area (Å²) >= 11 is 2.22. The van der Waals surface area contributed by atoms with Crippen molar-refractivity contribution in [1.82, 2.24) is 5.16 Å². The number of carbonyl (C=O) groups excluding carboxylic acids is 1. The lowest BCUT2D eigenvalue weighted by molar-refractivity contribution is 0.102. The van der Waals surface area contributed by atoms with E-state index in [1.54, 1.807) is 6.92 Å². The molecule has 1 aromatic carbocycles. The van der Waals surface area contributed by atoms with Gasteiger partial charge >= 0.3 is 0 Å². The molecule has 1 heterocycles. The summed E-state index contributed by atoms with van der Waals surface area (Å²) in [6.07, 6.45) is 0.673.